The molecule has 0 saturated carbocycles. The lowest BCUT2D eigenvalue weighted by atomic mass is 9.94. The fourth-order valence-corrected chi connectivity index (χ4v) is 21.3. The smallest absolute Gasteiger partial charge is 0.297 e. The SMILES string of the molecule is Cc1cc(C)c(S(=O)(=O)OC[C@H]2O[C@@H]3O[C@H]4[C@H](O)[C@@H](O)[C@@H](O[C@H]5[C@H](O)[C@@H](O)[C@@H](O[C@H]6[C@H](O)[C@@H](O)[C@@H](O[C@H]7[C@H](O)[C@@H](O)[C@@H](O[C@H]8[C@H](O)[C@@H](O)[C@@H](O[C@H]2[C@H](O)[C@H]3O)O[C@@H]8CO)O[C@@H]7COS(=O)(=O)c2c(C)cc(C)cc2C)O[C@@H]6COS(=O)(=O)c2c(C)cc(C)cc2C)O[C@@H]5COS(=O)(=O)c2c(C)cc(C)cc2C)O[C@@H]4CO)c(C)c1. The van der Waals surface area contributed by atoms with E-state index in [0.717, 1.165) is 0 Å². The molecule has 0 unspecified atom stereocenters. The second kappa shape index (κ2) is 35.7. The maximum atomic E-state index is 14.4. The molecule has 22 aliphatic heterocycles. The molecule has 42 heteroatoms. The van der Waals surface area contributed by atoms with Crippen LogP contribution in [0.1, 0.15) is 66.8 Å². The lowest BCUT2D eigenvalue weighted by molar-refractivity contribution is -0.403. The van der Waals surface area contributed by atoms with E-state index in [0.29, 0.717) is 22.3 Å². The van der Waals surface area contributed by atoms with Crippen LogP contribution < -0.4 is 0 Å². The molecule has 30 atom stereocenters. The summed E-state index contributed by atoms with van der Waals surface area (Å²) in [7, 11) is -19.6. The molecule has 22 fully saturated rings. The van der Waals surface area contributed by atoms with Gasteiger partial charge in [-0.25, -0.2) is 0 Å². The van der Waals surface area contributed by atoms with Crippen LogP contribution >= 0.6 is 0 Å². The van der Waals surface area contributed by atoms with Crippen LogP contribution in [0.15, 0.2) is 68.1 Å². The van der Waals surface area contributed by atoms with Crippen LogP contribution in [0.4, 0.5) is 0 Å². The summed E-state index contributed by atoms with van der Waals surface area (Å²) in [5, 5.41) is 168. The lowest BCUT2D eigenvalue weighted by Crippen LogP contribution is -2.69. The van der Waals surface area contributed by atoms with Gasteiger partial charge in [-0.15, -0.1) is 0 Å². The van der Waals surface area contributed by atoms with Gasteiger partial charge >= 0.3 is 0 Å². The average Bonchev–Trinajstić information content (AvgIpc) is 0.763. The highest BCUT2D eigenvalue weighted by atomic mass is 32.2. The highest BCUT2D eigenvalue weighted by Gasteiger charge is 2.60. The molecular weight excluding hydrogens is 1600 g/mol. The van der Waals surface area contributed by atoms with Gasteiger partial charge in [0.2, 0.25) is 0 Å². The number of benzene rings is 4. The number of hydrogen-bond acceptors (Lipinski definition) is 38. The maximum Gasteiger partial charge on any atom is 0.297 e. The Labute approximate surface area is 657 Å². The van der Waals surface area contributed by atoms with E-state index in [4.69, 9.17) is 73.6 Å². The summed E-state index contributed by atoms with van der Waals surface area (Å²) in [6, 6.07) is 12.2. The fraction of sp³-hybridized carbons (Fsp3) is 0.667. The van der Waals surface area contributed by atoms with Crippen molar-refractivity contribution in [3.8, 4) is 0 Å². The molecule has 0 radical (unpaired) electrons. The summed E-state index contributed by atoms with van der Waals surface area (Å²) in [6.07, 6.45) is -69.2. The van der Waals surface area contributed by atoms with Gasteiger partial charge in [-0.1, -0.05) is 70.8 Å². The molecule has 114 heavy (non-hydrogen) atoms. The molecule has 0 aliphatic carbocycles. The van der Waals surface area contributed by atoms with E-state index >= 15 is 0 Å². The summed E-state index contributed by atoms with van der Waals surface area (Å²) in [4.78, 5) is -1.32. The molecule has 38 nitrogen and oxygen atoms in total. The molecule has 0 amide bonds. The number of aryl methyl sites for hydroxylation is 12. The molecule has 22 aliphatic rings. The summed E-state index contributed by atoms with van der Waals surface area (Å²) in [6.45, 7) is 11.2. The summed E-state index contributed by atoms with van der Waals surface area (Å²) in [5.41, 5.74) is 4.23. The van der Waals surface area contributed by atoms with Crippen LogP contribution in [0.25, 0.3) is 0 Å². The van der Waals surface area contributed by atoms with E-state index in [-0.39, 0.29) is 64.1 Å². The van der Waals surface area contributed by atoms with Gasteiger partial charge in [-0.2, -0.15) is 33.7 Å². The molecule has 4 aromatic carbocycles. The molecule has 0 aromatic heterocycles. The molecule has 640 valence electrons. The third-order valence-electron chi connectivity index (χ3n) is 20.9. The molecule has 22 heterocycles. The van der Waals surface area contributed by atoms with Gasteiger partial charge in [0.15, 0.2) is 37.7 Å². The van der Waals surface area contributed by atoms with Crippen molar-refractivity contribution in [3.63, 3.8) is 0 Å². The van der Waals surface area contributed by atoms with Crippen molar-refractivity contribution in [1.29, 1.82) is 0 Å². The summed E-state index contributed by atoms with van der Waals surface area (Å²) < 4.78 is 210. The largest absolute Gasteiger partial charge is 0.394 e. The molecular formula is C72H100O38S4. The zero-order valence-corrected chi connectivity index (χ0v) is 67.1. The quantitative estimate of drug-likeness (QED) is 0.0426. The Morgan fingerprint density at radius 1 is 0.237 bits per heavy atom. The number of rotatable bonds is 18. The van der Waals surface area contributed by atoms with Crippen LogP contribution in [0.5, 0.6) is 0 Å². The van der Waals surface area contributed by atoms with Gasteiger partial charge in [-0.05, 0) is 128 Å². The minimum absolute atomic E-state index is 0.191. The lowest BCUT2D eigenvalue weighted by Gasteiger charge is -2.51. The number of hydrogen-bond donors (Lipinski definition) is 14. The first-order valence-corrected chi connectivity index (χ1v) is 42.1. The molecule has 22 saturated heterocycles. The fourth-order valence-electron chi connectivity index (χ4n) is 16.0. The minimum atomic E-state index is -4.93. The summed E-state index contributed by atoms with van der Waals surface area (Å²) in [5.74, 6) is 0. The zero-order chi connectivity index (χ0) is 83.8. The first kappa shape index (κ1) is 90.2. The average molecular weight is 1700 g/mol. The molecule has 0 spiro atoms. The standard InChI is InChI=1S/C72H100O38S4/c1-27-13-31(5)63(32(6)14-27)111(87,88)95-23-41-59-47(77)53(83)69(101-41)105-57-39(21-73)100-68(52(82)46(57)76)108-60-42(24-96-112(89,90)64-33(7)15-28(2)16-34(64)8)103-71(55(85)49(60)79)110-62-44(26-98-114(93,94)66-37(11)19-30(4)20-38(66)12)104-72(56(86)50(62)80)109-61-43(25-97-113(91,92)65-35(9)17-29(3)18-36(65)10)102-70(54(84)48(61)78)106-58-40(22-74)99-67(107-59)51(81)45(58)75/h13-20,39-62,67-86H,21-26H2,1-12H3/t39-,40-,41-,42-,43-,44-,45-,46-,47-,48-,49-,50-,51-,52-,53-,54-,55-,56-,57-,58-,59-,60-,61-,62-,67-,68-,69-,70-,71-,72-/m1/s1. The van der Waals surface area contributed by atoms with Crippen LogP contribution in [0.3, 0.4) is 0 Å². The van der Waals surface area contributed by atoms with Crippen LogP contribution in [-0.2, 0) is 114 Å². The normalized spacial score (nSPS) is 37.6. The van der Waals surface area contributed by atoms with E-state index in [1.807, 2.05) is 0 Å². The molecule has 12 bridgehead atoms. The second-order valence-corrected chi connectivity index (χ2v) is 36.2. The van der Waals surface area contributed by atoms with Crippen molar-refractivity contribution >= 4 is 40.5 Å². The van der Waals surface area contributed by atoms with Gasteiger partial charge in [0, 0.05) is 0 Å². The first-order chi connectivity index (χ1) is 53.3. The Morgan fingerprint density at radius 2 is 0.377 bits per heavy atom. The Morgan fingerprint density at radius 3 is 0.526 bits per heavy atom. The van der Waals surface area contributed by atoms with Crippen molar-refractivity contribution in [2.75, 3.05) is 39.6 Å². The highest BCUT2D eigenvalue weighted by molar-refractivity contribution is 7.87. The van der Waals surface area contributed by atoms with Gasteiger partial charge in [0.05, 0.1) is 59.2 Å². The number of ether oxygens (including phenoxy) is 12. The van der Waals surface area contributed by atoms with E-state index in [2.05, 4.69) is 0 Å². The zero-order valence-electron chi connectivity index (χ0n) is 63.9. The predicted molar refractivity (Wildman–Crippen MR) is 383 cm³/mol. The minimum Gasteiger partial charge on any atom is -0.394 e. The first-order valence-electron chi connectivity index (χ1n) is 36.4. The second-order valence-electron chi connectivity index (χ2n) is 30.0. The van der Waals surface area contributed by atoms with Gasteiger partial charge in [0.1, 0.15) is 146 Å². The van der Waals surface area contributed by atoms with Crippen molar-refractivity contribution in [1.82, 2.24) is 0 Å². The van der Waals surface area contributed by atoms with E-state index in [1.165, 1.54) is 104 Å². The maximum absolute atomic E-state index is 14.4. The Bertz CT molecular complexity index is 4370. The molecule has 26 rings (SSSR count). The summed E-state index contributed by atoms with van der Waals surface area (Å²) >= 11 is 0. The molecule has 14 N–H and O–H groups in total. The van der Waals surface area contributed by atoms with Crippen molar-refractivity contribution in [2.24, 2.45) is 0 Å². The van der Waals surface area contributed by atoms with Gasteiger partial charge in [-0.3, -0.25) is 16.7 Å². The van der Waals surface area contributed by atoms with E-state index in [1.54, 1.807) is 27.7 Å². The number of aliphatic hydroxyl groups excluding tert-OH is 14. The van der Waals surface area contributed by atoms with Crippen LogP contribution in [0, 0.1) is 83.1 Å². The van der Waals surface area contributed by atoms with E-state index < -0.39 is 264 Å². The monoisotopic (exact) mass is 1700 g/mol. The van der Waals surface area contributed by atoms with Crippen molar-refractivity contribution < 1.29 is 179 Å². The predicted octanol–water partition coefficient (Wildman–Crippen LogP) is -3.70. The van der Waals surface area contributed by atoms with Crippen LogP contribution in [0.2, 0.25) is 0 Å². The van der Waals surface area contributed by atoms with Crippen molar-refractivity contribution in [2.45, 2.75) is 287 Å². The van der Waals surface area contributed by atoms with Crippen LogP contribution in [-0.4, -0.2) is 329 Å². The van der Waals surface area contributed by atoms with Gasteiger partial charge in [0.25, 0.3) is 40.5 Å². The highest BCUT2D eigenvalue weighted by Crippen LogP contribution is 2.41. The molecule has 4 aromatic rings. The van der Waals surface area contributed by atoms with Crippen molar-refractivity contribution in [3.05, 3.63) is 115 Å². The Kier molecular flexibility index (Phi) is 28.2. The third kappa shape index (κ3) is 18.7. The topological polar surface area (TPSA) is 567 Å². The third-order valence-corrected chi connectivity index (χ3v) is 27.3. The van der Waals surface area contributed by atoms with Gasteiger partial charge < -0.3 is 128 Å². The van der Waals surface area contributed by atoms with E-state index in [9.17, 15) is 105 Å². The number of aliphatic hydroxyl groups is 14. The Hall–Kier alpha value is -4.52. The Balaban J connectivity index is 1.00.